The third kappa shape index (κ3) is 3.39. The first-order valence-electron chi connectivity index (χ1n) is 4.50. The van der Waals surface area contributed by atoms with Crippen LogP contribution < -0.4 is 4.90 Å². The van der Waals surface area contributed by atoms with Gasteiger partial charge in [0.2, 0.25) is 0 Å². The zero-order chi connectivity index (χ0) is 11.3. The van der Waals surface area contributed by atoms with Crippen molar-refractivity contribution in [1.29, 1.82) is 0 Å². The molecule has 82 valence electrons. The number of aromatic nitrogens is 2. The standard InChI is InChI=1S/C9H13N3O2S/c1-3-12(5-9(13)14)7-4-8(15-2)11-6-10-7/h4,6H,3,5H2,1-2H3,(H,13,14). The molecule has 0 spiro atoms. The van der Waals surface area contributed by atoms with Crippen LogP contribution in [0.2, 0.25) is 0 Å². The van der Waals surface area contributed by atoms with E-state index in [1.807, 2.05) is 13.2 Å². The number of carboxylic acids is 1. The summed E-state index contributed by atoms with van der Waals surface area (Å²) in [4.78, 5) is 20.4. The van der Waals surface area contributed by atoms with Gasteiger partial charge >= 0.3 is 5.97 Å². The van der Waals surface area contributed by atoms with Crippen LogP contribution >= 0.6 is 11.8 Å². The van der Waals surface area contributed by atoms with E-state index < -0.39 is 5.97 Å². The van der Waals surface area contributed by atoms with Crippen LogP contribution in [0.1, 0.15) is 6.92 Å². The molecule has 0 radical (unpaired) electrons. The predicted octanol–water partition coefficient (Wildman–Crippen LogP) is 1.11. The van der Waals surface area contributed by atoms with E-state index in [4.69, 9.17) is 5.11 Å². The lowest BCUT2D eigenvalue weighted by molar-refractivity contribution is -0.135. The summed E-state index contributed by atoms with van der Waals surface area (Å²) in [6.07, 6.45) is 3.37. The number of hydrogen-bond donors (Lipinski definition) is 1. The van der Waals surface area contributed by atoms with Crippen molar-refractivity contribution in [1.82, 2.24) is 9.97 Å². The average Bonchev–Trinajstić information content (AvgIpc) is 2.25. The molecule has 0 aromatic carbocycles. The molecule has 1 aromatic rings. The monoisotopic (exact) mass is 227 g/mol. The Bertz CT molecular complexity index is 346. The summed E-state index contributed by atoms with van der Waals surface area (Å²) in [7, 11) is 0. The summed E-state index contributed by atoms with van der Waals surface area (Å²) in [5, 5.41) is 9.55. The van der Waals surface area contributed by atoms with Gasteiger partial charge in [-0.15, -0.1) is 11.8 Å². The Morgan fingerprint density at radius 3 is 2.87 bits per heavy atom. The third-order valence-electron chi connectivity index (χ3n) is 1.87. The van der Waals surface area contributed by atoms with E-state index in [1.165, 1.54) is 18.1 Å². The molecule has 1 N–H and O–H groups in total. The normalized spacial score (nSPS) is 10.0. The van der Waals surface area contributed by atoms with Gasteiger partial charge in [-0.3, -0.25) is 4.79 Å². The van der Waals surface area contributed by atoms with Crippen molar-refractivity contribution in [2.75, 3.05) is 24.2 Å². The van der Waals surface area contributed by atoms with E-state index >= 15 is 0 Å². The maximum atomic E-state index is 10.6. The Kier molecular flexibility index (Phi) is 4.36. The molecule has 0 saturated heterocycles. The molecule has 15 heavy (non-hydrogen) atoms. The van der Waals surface area contributed by atoms with Gasteiger partial charge in [0.25, 0.3) is 0 Å². The SMILES string of the molecule is CCN(CC(=O)O)c1cc(SC)ncn1. The van der Waals surface area contributed by atoms with Gasteiger partial charge in [0.15, 0.2) is 0 Å². The molecule has 0 aliphatic heterocycles. The van der Waals surface area contributed by atoms with E-state index in [-0.39, 0.29) is 6.54 Å². The van der Waals surface area contributed by atoms with Crippen LogP contribution in [-0.4, -0.2) is 40.4 Å². The maximum absolute atomic E-state index is 10.6. The van der Waals surface area contributed by atoms with Gasteiger partial charge in [-0.25, -0.2) is 9.97 Å². The number of anilines is 1. The Labute approximate surface area is 92.5 Å². The molecular formula is C9H13N3O2S. The lowest BCUT2D eigenvalue weighted by atomic mass is 10.4. The number of rotatable bonds is 5. The first kappa shape index (κ1) is 11.8. The van der Waals surface area contributed by atoms with Crippen LogP contribution in [0.5, 0.6) is 0 Å². The minimum absolute atomic E-state index is 0.0403. The fourth-order valence-electron chi connectivity index (χ4n) is 1.13. The number of likely N-dealkylation sites (N-methyl/N-ethyl adjacent to an activating group) is 1. The van der Waals surface area contributed by atoms with E-state index in [0.717, 1.165) is 5.03 Å². The van der Waals surface area contributed by atoms with Gasteiger partial charge in [0.1, 0.15) is 23.7 Å². The number of hydrogen-bond acceptors (Lipinski definition) is 5. The second kappa shape index (κ2) is 5.55. The van der Waals surface area contributed by atoms with Gasteiger partial charge in [-0.2, -0.15) is 0 Å². The molecule has 5 nitrogen and oxygen atoms in total. The topological polar surface area (TPSA) is 66.3 Å². The van der Waals surface area contributed by atoms with Crippen LogP contribution in [0.25, 0.3) is 0 Å². The van der Waals surface area contributed by atoms with Gasteiger partial charge in [0.05, 0.1) is 0 Å². The van der Waals surface area contributed by atoms with Gasteiger partial charge in [-0.1, -0.05) is 0 Å². The van der Waals surface area contributed by atoms with Crippen molar-refractivity contribution < 1.29 is 9.90 Å². The minimum atomic E-state index is -0.860. The molecule has 0 amide bonds. The molecule has 0 unspecified atom stereocenters. The lowest BCUT2D eigenvalue weighted by Gasteiger charge is -2.19. The van der Waals surface area contributed by atoms with Gasteiger partial charge < -0.3 is 10.0 Å². The third-order valence-corrected chi connectivity index (χ3v) is 2.51. The fraction of sp³-hybridized carbons (Fsp3) is 0.444. The number of aliphatic carboxylic acids is 1. The van der Waals surface area contributed by atoms with Gasteiger partial charge in [0, 0.05) is 12.6 Å². The first-order chi connectivity index (χ1) is 7.17. The van der Waals surface area contributed by atoms with Crippen molar-refractivity contribution in [3.8, 4) is 0 Å². The highest BCUT2D eigenvalue weighted by Crippen LogP contribution is 2.16. The van der Waals surface area contributed by atoms with Crippen LogP contribution in [0.4, 0.5) is 5.82 Å². The van der Waals surface area contributed by atoms with Gasteiger partial charge in [-0.05, 0) is 13.2 Å². The summed E-state index contributed by atoms with van der Waals surface area (Å²) in [6, 6.07) is 1.79. The van der Waals surface area contributed by atoms with Crippen molar-refractivity contribution in [3.05, 3.63) is 12.4 Å². The van der Waals surface area contributed by atoms with Crippen LogP contribution in [0.3, 0.4) is 0 Å². The number of nitrogens with zero attached hydrogens (tertiary/aromatic N) is 3. The van der Waals surface area contributed by atoms with Crippen molar-refractivity contribution in [3.63, 3.8) is 0 Å². The molecule has 0 atom stereocenters. The average molecular weight is 227 g/mol. The Balaban J connectivity index is 2.85. The summed E-state index contributed by atoms with van der Waals surface area (Å²) >= 11 is 1.50. The highest BCUT2D eigenvalue weighted by Gasteiger charge is 2.10. The zero-order valence-electron chi connectivity index (χ0n) is 8.67. The van der Waals surface area contributed by atoms with Crippen LogP contribution in [0.15, 0.2) is 17.4 Å². The largest absolute Gasteiger partial charge is 0.480 e. The van der Waals surface area contributed by atoms with Crippen molar-refractivity contribution in [2.24, 2.45) is 0 Å². The molecule has 0 aliphatic carbocycles. The van der Waals surface area contributed by atoms with Crippen LogP contribution in [-0.2, 0) is 4.79 Å². The van der Waals surface area contributed by atoms with E-state index in [1.54, 1.807) is 11.0 Å². The Hall–Kier alpha value is -1.30. The summed E-state index contributed by atoms with van der Waals surface area (Å²) < 4.78 is 0. The molecule has 0 bridgehead atoms. The fourth-order valence-corrected chi connectivity index (χ4v) is 1.51. The smallest absolute Gasteiger partial charge is 0.323 e. The number of carbonyl (C=O) groups is 1. The molecule has 0 saturated carbocycles. The van der Waals surface area contributed by atoms with Crippen molar-refractivity contribution >= 4 is 23.5 Å². The maximum Gasteiger partial charge on any atom is 0.323 e. The Morgan fingerprint density at radius 1 is 1.60 bits per heavy atom. The molecule has 0 fully saturated rings. The van der Waals surface area contributed by atoms with E-state index in [9.17, 15) is 4.79 Å². The van der Waals surface area contributed by atoms with E-state index in [2.05, 4.69) is 9.97 Å². The molecule has 0 aliphatic rings. The quantitative estimate of drug-likeness (QED) is 0.600. The van der Waals surface area contributed by atoms with Crippen molar-refractivity contribution in [2.45, 2.75) is 11.9 Å². The number of carboxylic acid groups (broad SMARTS) is 1. The first-order valence-corrected chi connectivity index (χ1v) is 5.72. The number of thioether (sulfide) groups is 1. The molecule has 1 heterocycles. The minimum Gasteiger partial charge on any atom is -0.480 e. The summed E-state index contributed by atoms with van der Waals surface area (Å²) in [5.74, 6) is -0.208. The second-order valence-corrected chi connectivity index (χ2v) is 3.65. The highest BCUT2D eigenvalue weighted by atomic mass is 32.2. The van der Waals surface area contributed by atoms with E-state index in [0.29, 0.717) is 12.4 Å². The Morgan fingerprint density at radius 2 is 2.33 bits per heavy atom. The molecular weight excluding hydrogens is 214 g/mol. The van der Waals surface area contributed by atoms with Crippen LogP contribution in [0, 0.1) is 0 Å². The second-order valence-electron chi connectivity index (χ2n) is 2.83. The molecule has 1 rings (SSSR count). The lowest BCUT2D eigenvalue weighted by Crippen LogP contribution is -2.30. The molecule has 1 aromatic heterocycles. The zero-order valence-corrected chi connectivity index (χ0v) is 9.49. The predicted molar refractivity (Wildman–Crippen MR) is 59.3 cm³/mol. The summed E-state index contributed by atoms with van der Waals surface area (Å²) in [6.45, 7) is 2.46. The highest BCUT2D eigenvalue weighted by molar-refractivity contribution is 7.98. The molecule has 6 heteroatoms. The summed E-state index contributed by atoms with van der Waals surface area (Å²) in [5.41, 5.74) is 0.